The number of Topliss-reactive ketones (excluding diaryl/α,β-unsaturated/α-hetero) is 1. The molecule has 0 aliphatic carbocycles. The highest BCUT2D eigenvalue weighted by Crippen LogP contribution is 2.16. The predicted molar refractivity (Wildman–Crippen MR) is 58.5 cm³/mol. The zero-order valence-corrected chi connectivity index (χ0v) is 9.32. The van der Waals surface area contributed by atoms with Gasteiger partial charge in [-0.25, -0.2) is 0 Å². The van der Waals surface area contributed by atoms with Crippen molar-refractivity contribution in [3.63, 3.8) is 0 Å². The minimum Gasteiger partial charge on any atom is -0.468 e. The van der Waals surface area contributed by atoms with Gasteiger partial charge in [-0.3, -0.25) is 19.7 Å². The van der Waals surface area contributed by atoms with E-state index in [-0.39, 0.29) is 11.3 Å². The Hall–Kier alpha value is -2.75. The maximum Gasteiger partial charge on any atom is 0.331 e. The Labute approximate surface area is 102 Å². The molecule has 18 heavy (non-hydrogen) atoms. The number of rotatable bonds is 4. The van der Waals surface area contributed by atoms with Crippen LogP contribution in [-0.4, -0.2) is 23.8 Å². The Bertz CT molecular complexity index is 547. The minimum atomic E-state index is -1.61. The molecule has 0 saturated heterocycles. The van der Waals surface area contributed by atoms with E-state index in [1.54, 1.807) is 0 Å². The molecule has 0 heterocycles. The number of carbonyl (C=O) groups is 2. The fourth-order valence-corrected chi connectivity index (χ4v) is 1.28. The van der Waals surface area contributed by atoms with E-state index < -0.39 is 22.6 Å². The third kappa shape index (κ3) is 2.68. The van der Waals surface area contributed by atoms with Crippen LogP contribution in [0.4, 0.5) is 5.69 Å². The number of hydrogen-bond donors (Lipinski definition) is 0. The molecule has 1 aromatic carbocycles. The second kappa shape index (κ2) is 5.54. The van der Waals surface area contributed by atoms with Gasteiger partial charge in [0.15, 0.2) is 5.78 Å². The molecule has 0 spiro atoms. The standard InChI is InChI=1S/C11H8N2O5/c1-18-11(15)9(6-12)10(14)7-3-2-4-8(5-7)13(16)17/h2-5,9H,1H3. The Morgan fingerprint density at radius 1 is 1.50 bits per heavy atom. The van der Waals surface area contributed by atoms with E-state index in [1.807, 2.05) is 0 Å². The van der Waals surface area contributed by atoms with Gasteiger partial charge in [-0.1, -0.05) is 12.1 Å². The number of nitriles is 1. The number of nitro benzene ring substituents is 1. The van der Waals surface area contributed by atoms with Crippen LogP contribution in [0.25, 0.3) is 0 Å². The highest BCUT2D eigenvalue weighted by Gasteiger charge is 2.29. The van der Waals surface area contributed by atoms with Crippen molar-refractivity contribution in [2.24, 2.45) is 5.92 Å². The Balaban J connectivity index is 3.11. The molecule has 0 aliphatic heterocycles. The van der Waals surface area contributed by atoms with Crippen molar-refractivity contribution in [2.45, 2.75) is 0 Å². The van der Waals surface area contributed by atoms with E-state index in [0.717, 1.165) is 13.2 Å². The van der Waals surface area contributed by atoms with Crippen molar-refractivity contribution in [1.29, 1.82) is 5.26 Å². The largest absolute Gasteiger partial charge is 0.468 e. The number of methoxy groups -OCH3 is 1. The molecule has 0 amide bonds. The second-order valence-corrected chi connectivity index (χ2v) is 3.26. The van der Waals surface area contributed by atoms with Gasteiger partial charge in [0, 0.05) is 17.7 Å². The maximum atomic E-state index is 11.8. The number of hydrogen-bond acceptors (Lipinski definition) is 6. The second-order valence-electron chi connectivity index (χ2n) is 3.26. The lowest BCUT2D eigenvalue weighted by Gasteiger charge is -2.05. The molecule has 7 nitrogen and oxygen atoms in total. The highest BCUT2D eigenvalue weighted by molar-refractivity contribution is 6.10. The van der Waals surface area contributed by atoms with E-state index in [9.17, 15) is 19.7 Å². The van der Waals surface area contributed by atoms with Crippen molar-refractivity contribution in [2.75, 3.05) is 7.11 Å². The van der Waals surface area contributed by atoms with Gasteiger partial charge in [0.1, 0.15) is 0 Å². The SMILES string of the molecule is COC(=O)C(C#N)C(=O)c1cccc([N+](=O)[O-])c1. The van der Waals surface area contributed by atoms with E-state index in [0.29, 0.717) is 0 Å². The number of carbonyl (C=O) groups excluding carboxylic acids is 2. The summed E-state index contributed by atoms with van der Waals surface area (Å²) in [5.74, 6) is -3.43. The summed E-state index contributed by atoms with van der Waals surface area (Å²) in [6.07, 6.45) is 0. The fourth-order valence-electron chi connectivity index (χ4n) is 1.28. The first kappa shape index (κ1) is 13.3. The van der Waals surface area contributed by atoms with E-state index in [4.69, 9.17) is 5.26 Å². The number of esters is 1. The highest BCUT2D eigenvalue weighted by atomic mass is 16.6. The summed E-state index contributed by atoms with van der Waals surface area (Å²) in [4.78, 5) is 32.9. The molecular formula is C11H8N2O5. The molecular weight excluding hydrogens is 240 g/mol. The molecule has 0 aliphatic rings. The summed E-state index contributed by atoms with van der Waals surface area (Å²) in [5.41, 5.74) is -0.372. The molecule has 1 aromatic rings. The zero-order valence-electron chi connectivity index (χ0n) is 9.32. The first-order chi connectivity index (χ1) is 8.51. The van der Waals surface area contributed by atoms with Crippen molar-refractivity contribution >= 4 is 17.4 Å². The Morgan fingerprint density at radius 2 is 2.17 bits per heavy atom. The minimum absolute atomic E-state index is 0.0823. The smallest absolute Gasteiger partial charge is 0.331 e. The molecule has 0 saturated carbocycles. The molecule has 1 atom stereocenters. The van der Waals surface area contributed by atoms with Crippen LogP contribution in [-0.2, 0) is 9.53 Å². The Morgan fingerprint density at radius 3 is 2.67 bits per heavy atom. The lowest BCUT2D eigenvalue weighted by molar-refractivity contribution is -0.384. The van der Waals surface area contributed by atoms with Gasteiger partial charge in [-0.05, 0) is 0 Å². The summed E-state index contributed by atoms with van der Waals surface area (Å²) in [7, 11) is 1.05. The van der Waals surface area contributed by atoms with Crippen LogP contribution in [0.15, 0.2) is 24.3 Å². The lowest BCUT2D eigenvalue weighted by atomic mass is 9.99. The van der Waals surface area contributed by atoms with Crippen molar-refractivity contribution in [1.82, 2.24) is 0 Å². The number of ether oxygens (including phenoxy) is 1. The summed E-state index contributed by atoms with van der Waals surface area (Å²) < 4.78 is 4.31. The quantitative estimate of drug-likeness (QED) is 0.259. The number of nitrogens with zero attached hydrogens (tertiary/aromatic N) is 2. The average molecular weight is 248 g/mol. The van der Waals surface area contributed by atoms with Crippen LogP contribution in [0, 0.1) is 27.4 Å². The van der Waals surface area contributed by atoms with Gasteiger partial charge >= 0.3 is 5.97 Å². The zero-order chi connectivity index (χ0) is 13.7. The molecule has 92 valence electrons. The topological polar surface area (TPSA) is 110 Å². The monoisotopic (exact) mass is 248 g/mol. The average Bonchev–Trinajstić information content (AvgIpc) is 2.39. The summed E-state index contributed by atoms with van der Waals surface area (Å²) in [5, 5.41) is 19.3. The van der Waals surface area contributed by atoms with Crippen LogP contribution in [0.1, 0.15) is 10.4 Å². The molecule has 0 radical (unpaired) electrons. The van der Waals surface area contributed by atoms with Gasteiger partial charge in [-0.2, -0.15) is 5.26 Å². The molecule has 7 heteroatoms. The van der Waals surface area contributed by atoms with Crippen LogP contribution in [0.5, 0.6) is 0 Å². The van der Waals surface area contributed by atoms with Crippen LogP contribution >= 0.6 is 0 Å². The number of benzene rings is 1. The molecule has 0 N–H and O–H groups in total. The summed E-state index contributed by atoms with van der Waals surface area (Å²) >= 11 is 0. The van der Waals surface area contributed by atoms with Gasteiger partial charge in [0.05, 0.1) is 18.1 Å². The number of non-ortho nitro benzene ring substituents is 1. The summed E-state index contributed by atoms with van der Waals surface area (Å²) in [6.45, 7) is 0. The van der Waals surface area contributed by atoms with Crippen LogP contribution in [0.2, 0.25) is 0 Å². The summed E-state index contributed by atoms with van der Waals surface area (Å²) in [6, 6.07) is 6.32. The van der Waals surface area contributed by atoms with Gasteiger partial charge < -0.3 is 4.74 Å². The Kier molecular flexibility index (Phi) is 4.10. The van der Waals surface area contributed by atoms with Crippen molar-refractivity contribution in [3.8, 4) is 6.07 Å². The molecule has 0 bridgehead atoms. The van der Waals surface area contributed by atoms with Gasteiger partial charge in [0.2, 0.25) is 5.92 Å². The van der Waals surface area contributed by atoms with E-state index in [1.165, 1.54) is 24.3 Å². The number of nitro groups is 1. The molecule has 1 unspecified atom stereocenters. The molecule has 0 fully saturated rings. The molecule has 1 rings (SSSR count). The predicted octanol–water partition coefficient (Wildman–Crippen LogP) is 1.09. The van der Waals surface area contributed by atoms with E-state index >= 15 is 0 Å². The van der Waals surface area contributed by atoms with E-state index in [2.05, 4.69) is 4.74 Å². The third-order valence-electron chi connectivity index (χ3n) is 2.17. The van der Waals surface area contributed by atoms with Crippen molar-refractivity contribution in [3.05, 3.63) is 39.9 Å². The van der Waals surface area contributed by atoms with Crippen LogP contribution in [0.3, 0.4) is 0 Å². The third-order valence-corrected chi connectivity index (χ3v) is 2.17. The fraction of sp³-hybridized carbons (Fsp3) is 0.182. The van der Waals surface area contributed by atoms with Crippen LogP contribution < -0.4 is 0 Å². The van der Waals surface area contributed by atoms with Gasteiger partial charge in [0.25, 0.3) is 5.69 Å². The maximum absolute atomic E-state index is 11.8. The number of ketones is 1. The first-order valence-corrected chi connectivity index (χ1v) is 4.77. The van der Waals surface area contributed by atoms with Crippen molar-refractivity contribution < 1.29 is 19.2 Å². The van der Waals surface area contributed by atoms with Gasteiger partial charge in [-0.15, -0.1) is 0 Å². The normalized spacial score (nSPS) is 11.1. The molecule has 0 aromatic heterocycles. The lowest BCUT2D eigenvalue weighted by Crippen LogP contribution is -2.24. The first-order valence-electron chi connectivity index (χ1n) is 4.77.